The number of rotatable bonds is 0. The summed E-state index contributed by atoms with van der Waals surface area (Å²) in [5.74, 6) is -3.21. The average Bonchev–Trinajstić information content (AvgIpc) is 2.68. The summed E-state index contributed by atoms with van der Waals surface area (Å²) in [5.41, 5.74) is 0.389. The predicted octanol–water partition coefficient (Wildman–Crippen LogP) is 3.38. The summed E-state index contributed by atoms with van der Waals surface area (Å²) in [7, 11) is -4.47. The highest BCUT2D eigenvalue weighted by Gasteiger charge is 2.24. The van der Waals surface area contributed by atoms with E-state index in [4.69, 9.17) is 0 Å². The zero-order valence-electron chi connectivity index (χ0n) is 14.7. The minimum Gasteiger partial charge on any atom is -0.507 e. The number of halogens is 2. The van der Waals surface area contributed by atoms with Gasteiger partial charge in [-0.05, 0) is 35.4 Å². The van der Waals surface area contributed by atoms with Crippen LogP contribution in [0.5, 0.6) is 5.75 Å². The lowest BCUT2D eigenvalue weighted by Gasteiger charge is -2.14. The van der Waals surface area contributed by atoms with Crippen LogP contribution in [-0.2, 0) is 16.6 Å². The lowest BCUT2D eigenvalue weighted by Crippen LogP contribution is -2.23. The SMILES string of the molecule is O=C1NCc2ccccc2-c2cc(c(F)cc2F)NS(=O)(=O)c2cc1ccc2O. The lowest BCUT2D eigenvalue weighted by molar-refractivity contribution is 0.0950. The molecular weight excluding hydrogens is 402 g/mol. The summed E-state index contributed by atoms with van der Waals surface area (Å²) in [6, 6.07) is 11.5. The minimum atomic E-state index is -4.47. The van der Waals surface area contributed by atoms with Gasteiger partial charge >= 0.3 is 0 Å². The van der Waals surface area contributed by atoms with E-state index in [0.717, 1.165) is 18.2 Å². The van der Waals surface area contributed by atoms with Crippen molar-refractivity contribution < 1.29 is 27.1 Å². The number of benzene rings is 3. The van der Waals surface area contributed by atoms with Crippen LogP contribution in [0.3, 0.4) is 0 Å². The molecule has 1 aliphatic rings. The number of hydrogen-bond donors (Lipinski definition) is 3. The van der Waals surface area contributed by atoms with Gasteiger partial charge in [-0.15, -0.1) is 0 Å². The Morgan fingerprint density at radius 2 is 1.69 bits per heavy atom. The van der Waals surface area contributed by atoms with Gasteiger partial charge in [0.2, 0.25) is 0 Å². The summed E-state index contributed by atoms with van der Waals surface area (Å²) in [6.07, 6.45) is 0. The molecule has 0 fully saturated rings. The first-order chi connectivity index (χ1) is 13.8. The molecule has 29 heavy (non-hydrogen) atoms. The van der Waals surface area contributed by atoms with Crippen molar-refractivity contribution in [1.82, 2.24) is 5.32 Å². The fourth-order valence-electron chi connectivity index (χ4n) is 3.12. The molecule has 9 heteroatoms. The highest BCUT2D eigenvalue weighted by Crippen LogP contribution is 2.33. The zero-order chi connectivity index (χ0) is 20.8. The molecule has 0 aliphatic carbocycles. The standard InChI is InChI=1S/C20H14F2N2O4S/c21-15-9-16(22)17-8-14(15)13-4-2-1-3-12(13)10-23-20(26)11-5-6-18(25)19(7-11)29(27,28)24-17/h1-9,24-25H,10H2,(H,23,26). The number of aromatic hydroxyl groups is 1. The second kappa shape index (κ2) is 6.85. The summed E-state index contributed by atoms with van der Waals surface area (Å²) in [6.45, 7) is 0.0253. The van der Waals surface area contributed by atoms with Crippen molar-refractivity contribution in [3.63, 3.8) is 0 Å². The number of sulfonamides is 1. The molecule has 4 rings (SSSR count). The van der Waals surface area contributed by atoms with E-state index >= 15 is 0 Å². The van der Waals surface area contributed by atoms with Crippen LogP contribution < -0.4 is 10.0 Å². The molecule has 0 saturated heterocycles. The number of anilines is 1. The fraction of sp³-hybridized carbons (Fsp3) is 0.0500. The topological polar surface area (TPSA) is 95.5 Å². The number of carbonyl (C=O) groups excluding carboxylic acids is 1. The first kappa shape index (κ1) is 18.9. The van der Waals surface area contributed by atoms with Crippen molar-refractivity contribution in [1.29, 1.82) is 0 Å². The second-order valence-electron chi connectivity index (χ2n) is 6.44. The fourth-order valence-corrected chi connectivity index (χ4v) is 4.30. The molecule has 3 aromatic carbocycles. The van der Waals surface area contributed by atoms with Gasteiger partial charge in [-0.1, -0.05) is 24.3 Å². The van der Waals surface area contributed by atoms with Crippen LogP contribution in [-0.4, -0.2) is 19.4 Å². The number of carbonyl (C=O) groups is 1. The highest BCUT2D eigenvalue weighted by atomic mass is 32.2. The van der Waals surface area contributed by atoms with Crippen LogP contribution in [0.2, 0.25) is 0 Å². The van der Waals surface area contributed by atoms with E-state index in [1.54, 1.807) is 24.3 Å². The molecule has 148 valence electrons. The van der Waals surface area contributed by atoms with Crippen LogP contribution in [0, 0.1) is 11.6 Å². The highest BCUT2D eigenvalue weighted by molar-refractivity contribution is 7.92. The molecule has 0 spiro atoms. The van der Waals surface area contributed by atoms with Gasteiger partial charge in [0, 0.05) is 23.7 Å². The third-order valence-corrected chi connectivity index (χ3v) is 5.95. The van der Waals surface area contributed by atoms with E-state index in [-0.39, 0.29) is 17.7 Å². The van der Waals surface area contributed by atoms with Crippen molar-refractivity contribution in [2.75, 3.05) is 4.72 Å². The average molecular weight is 416 g/mol. The first-order valence-corrected chi connectivity index (χ1v) is 9.96. The third-order valence-electron chi connectivity index (χ3n) is 4.56. The van der Waals surface area contributed by atoms with E-state index in [0.29, 0.717) is 17.2 Å². The van der Waals surface area contributed by atoms with Crippen molar-refractivity contribution in [2.24, 2.45) is 0 Å². The van der Waals surface area contributed by atoms with Gasteiger partial charge < -0.3 is 10.4 Å². The number of amides is 1. The monoisotopic (exact) mass is 416 g/mol. The number of hydrogen-bond acceptors (Lipinski definition) is 4. The first-order valence-electron chi connectivity index (χ1n) is 8.47. The molecule has 0 radical (unpaired) electrons. The third kappa shape index (κ3) is 3.40. The molecule has 6 nitrogen and oxygen atoms in total. The maximum atomic E-state index is 14.5. The van der Waals surface area contributed by atoms with Gasteiger partial charge in [0.05, 0.1) is 5.69 Å². The van der Waals surface area contributed by atoms with E-state index in [2.05, 4.69) is 5.32 Å². The predicted molar refractivity (Wildman–Crippen MR) is 102 cm³/mol. The van der Waals surface area contributed by atoms with Crippen molar-refractivity contribution in [2.45, 2.75) is 11.4 Å². The Morgan fingerprint density at radius 3 is 2.48 bits per heavy atom. The van der Waals surface area contributed by atoms with E-state index in [1.807, 2.05) is 4.72 Å². The number of phenolic OH excluding ortho intramolecular Hbond substituents is 1. The Bertz CT molecular complexity index is 1260. The van der Waals surface area contributed by atoms with Crippen LogP contribution in [0.15, 0.2) is 59.5 Å². The molecule has 3 N–H and O–H groups in total. The van der Waals surface area contributed by atoms with Gasteiger partial charge in [-0.3, -0.25) is 9.52 Å². The van der Waals surface area contributed by atoms with Crippen LogP contribution in [0.1, 0.15) is 15.9 Å². The summed E-state index contributed by atoms with van der Waals surface area (Å²) in [4.78, 5) is 11.9. The van der Waals surface area contributed by atoms with Crippen LogP contribution >= 0.6 is 0 Å². The van der Waals surface area contributed by atoms with Crippen LogP contribution in [0.4, 0.5) is 14.5 Å². The molecule has 0 saturated carbocycles. The Labute approximate surface area is 164 Å². The van der Waals surface area contributed by atoms with Gasteiger partial charge in [0.25, 0.3) is 15.9 Å². The Hall–Kier alpha value is -3.46. The van der Waals surface area contributed by atoms with E-state index < -0.39 is 43.9 Å². The van der Waals surface area contributed by atoms with E-state index in [1.165, 1.54) is 6.07 Å². The normalized spacial score (nSPS) is 15.0. The van der Waals surface area contributed by atoms with Gasteiger partial charge in [-0.2, -0.15) is 0 Å². The summed E-state index contributed by atoms with van der Waals surface area (Å²) < 4.78 is 56.3. The van der Waals surface area contributed by atoms with Gasteiger partial charge in [-0.25, -0.2) is 17.2 Å². The van der Waals surface area contributed by atoms with Crippen molar-refractivity contribution in [3.8, 4) is 16.9 Å². The van der Waals surface area contributed by atoms with Crippen molar-refractivity contribution >= 4 is 21.6 Å². The molecule has 0 atom stereocenters. The summed E-state index contributed by atoms with van der Waals surface area (Å²) in [5, 5.41) is 12.6. The van der Waals surface area contributed by atoms with Gasteiger partial charge in [0.1, 0.15) is 22.3 Å². The Balaban J connectivity index is 1.99. The molecule has 3 aromatic rings. The Morgan fingerprint density at radius 1 is 0.931 bits per heavy atom. The number of phenols is 1. The quantitative estimate of drug-likeness (QED) is 0.524. The maximum absolute atomic E-state index is 14.5. The smallest absolute Gasteiger partial charge is 0.265 e. The largest absolute Gasteiger partial charge is 0.507 e. The maximum Gasteiger partial charge on any atom is 0.265 e. The number of nitrogens with one attached hydrogen (secondary N) is 2. The second-order valence-corrected chi connectivity index (χ2v) is 8.09. The van der Waals surface area contributed by atoms with Crippen molar-refractivity contribution in [3.05, 3.63) is 77.4 Å². The molecular formula is C20H14F2N2O4S. The molecule has 0 unspecified atom stereocenters. The molecule has 0 aromatic heterocycles. The minimum absolute atomic E-state index is 0.0155. The summed E-state index contributed by atoms with van der Waals surface area (Å²) >= 11 is 0. The van der Waals surface area contributed by atoms with Gasteiger partial charge in [0.15, 0.2) is 0 Å². The molecule has 1 amide bonds. The van der Waals surface area contributed by atoms with E-state index in [9.17, 15) is 27.1 Å². The molecule has 1 aliphatic heterocycles. The molecule has 4 bridgehead atoms. The van der Waals surface area contributed by atoms with Crippen LogP contribution in [0.25, 0.3) is 11.1 Å². The molecule has 1 heterocycles. The lowest BCUT2D eigenvalue weighted by atomic mass is 9.98. The Kier molecular flexibility index (Phi) is 4.46. The zero-order valence-corrected chi connectivity index (χ0v) is 15.6. The number of fused-ring (bicyclic) bond motifs is 6.